The van der Waals surface area contributed by atoms with Gasteiger partial charge >= 0.3 is 0 Å². The van der Waals surface area contributed by atoms with E-state index in [1.165, 1.54) is 18.6 Å². The molecule has 0 saturated carbocycles. The van der Waals surface area contributed by atoms with Gasteiger partial charge in [-0.25, -0.2) is 4.98 Å². The Morgan fingerprint density at radius 3 is 2.95 bits per heavy atom. The maximum atomic E-state index is 11.8. The number of amides is 1. The van der Waals surface area contributed by atoms with E-state index in [1.54, 1.807) is 25.3 Å². The van der Waals surface area contributed by atoms with Crippen molar-refractivity contribution in [2.45, 2.75) is 6.54 Å². The van der Waals surface area contributed by atoms with Crippen molar-refractivity contribution < 1.29 is 9.53 Å². The number of carbonyl (C=O) groups is 1. The third-order valence-corrected chi connectivity index (χ3v) is 2.54. The molecule has 0 spiro atoms. The SMILES string of the molecule is COc1ccc(N)cc1CNC(=O)c1cnccn1. The predicted molar refractivity (Wildman–Crippen MR) is 70.6 cm³/mol. The van der Waals surface area contributed by atoms with Crippen LogP contribution < -0.4 is 15.8 Å². The van der Waals surface area contributed by atoms with Gasteiger partial charge in [-0.2, -0.15) is 0 Å². The predicted octanol–water partition coefficient (Wildman–Crippen LogP) is 0.997. The summed E-state index contributed by atoms with van der Waals surface area (Å²) in [7, 11) is 1.57. The third kappa shape index (κ3) is 3.19. The van der Waals surface area contributed by atoms with Gasteiger partial charge < -0.3 is 15.8 Å². The summed E-state index contributed by atoms with van der Waals surface area (Å²) in [6.45, 7) is 0.309. The van der Waals surface area contributed by atoms with Crippen LogP contribution in [0.1, 0.15) is 16.1 Å². The van der Waals surface area contributed by atoms with Crippen LogP contribution >= 0.6 is 0 Å². The molecule has 0 bridgehead atoms. The highest BCUT2D eigenvalue weighted by atomic mass is 16.5. The van der Waals surface area contributed by atoms with Crippen LogP contribution in [-0.4, -0.2) is 23.0 Å². The topological polar surface area (TPSA) is 90.1 Å². The summed E-state index contributed by atoms with van der Waals surface area (Å²) < 4.78 is 5.20. The van der Waals surface area contributed by atoms with E-state index in [2.05, 4.69) is 15.3 Å². The number of ether oxygens (including phenoxy) is 1. The van der Waals surface area contributed by atoms with E-state index < -0.39 is 0 Å². The van der Waals surface area contributed by atoms with Gasteiger partial charge in [-0.1, -0.05) is 0 Å². The molecular weight excluding hydrogens is 244 g/mol. The molecule has 0 saturated heterocycles. The van der Waals surface area contributed by atoms with E-state index in [9.17, 15) is 4.79 Å². The molecule has 1 aromatic heterocycles. The quantitative estimate of drug-likeness (QED) is 0.798. The summed E-state index contributed by atoms with van der Waals surface area (Å²) in [5, 5.41) is 2.74. The molecule has 1 aromatic carbocycles. The van der Waals surface area contributed by atoms with Gasteiger partial charge in [0.2, 0.25) is 0 Å². The Balaban J connectivity index is 2.07. The van der Waals surface area contributed by atoms with Gasteiger partial charge in [-0.3, -0.25) is 9.78 Å². The Hall–Kier alpha value is -2.63. The second kappa shape index (κ2) is 5.81. The molecule has 0 unspecified atom stereocenters. The lowest BCUT2D eigenvalue weighted by Crippen LogP contribution is -2.24. The first-order valence-corrected chi connectivity index (χ1v) is 5.67. The molecule has 2 rings (SSSR count). The number of nitrogen functional groups attached to an aromatic ring is 1. The number of nitrogens with one attached hydrogen (secondary N) is 1. The number of nitrogens with two attached hydrogens (primary N) is 1. The van der Waals surface area contributed by atoms with Gasteiger partial charge in [0.1, 0.15) is 11.4 Å². The number of hydrogen-bond acceptors (Lipinski definition) is 5. The highest BCUT2D eigenvalue weighted by Gasteiger charge is 2.09. The van der Waals surface area contributed by atoms with Crippen molar-refractivity contribution >= 4 is 11.6 Å². The van der Waals surface area contributed by atoms with Gasteiger partial charge in [-0.15, -0.1) is 0 Å². The highest BCUT2D eigenvalue weighted by molar-refractivity contribution is 5.91. The van der Waals surface area contributed by atoms with Gasteiger partial charge in [0, 0.05) is 30.2 Å². The summed E-state index contributed by atoms with van der Waals surface area (Å²) in [6.07, 6.45) is 4.39. The van der Waals surface area contributed by atoms with Gasteiger partial charge in [0.05, 0.1) is 13.3 Å². The Morgan fingerprint density at radius 1 is 1.42 bits per heavy atom. The van der Waals surface area contributed by atoms with Gasteiger partial charge in [-0.05, 0) is 18.2 Å². The number of carbonyl (C=O) groups excluding carboxylic acids is 1. The van der Waals surface area contributed by atoms with Crippen molar-refractivity contribution in [3.05, 3.63) is 48.0 Å². The van der Waals surface area contributed by atoms with Crippen LogP contribution in [0.3, 0.4) is 0 Å². The van der Waals surface area contributed by atoms with E-state index in [0.717, 1.165) is 5.56 Å². The summed E-state index contributed by atoms with van der Waals surface area (Å²) in [4.78, 5) is 19.6. The highest BCUT2D eigenvalue weighted by Crippen LogP contribution is 2.20. The fourth-order valence-corrected chi connectivity index (χ4v) is 1.62. The Bertz CT molecular complexity index is 572. The molecule has 0 radical (unpaired) electrons. The first-order valence-electron chi connectivity index (χ1n) is 5.67. The minimum Gasteiger partial charge on any atom is -0.496 e. The summed E-state index contributed by atoms with van der Waals surface area (Å²) in [5.41, 5.74) is 7.40. The lowest BCUT2D eigenvalue weighted by Gasteiger charge is -2.10. The molecule has 6 nitrogen and oxygen atoms in total. The number of methoxy groups -OCH3 is 1. The monoisotopic (exact) mass is 258 g/mol. The van der Waals surface area contributed by atoms with Crippen molar-refractivity contribution in [2.75, 3.05) is 12.8 Å². The van der Waals surface area contributed by atoms with Crippen LogP contribution in [0.25, 0.3) is 0 Å². The maximum Gasteiger partial charge on any atom is 0.271 e. The first kappa shape index (κ1) is 12.8. The van der Waals surface area contributed by atoms with Gasteiger partial charge in [0.25, 0.3) is 5.91 Å². The van der Waals surface area contributed by atoms with E-state index in [4.69, 9.17) is 10.5 Å². The number of benzene rings is 1. The molecule has 0 aliphatic heterocycles. The minimum atomic E-state index is -0.294. The Labute approximate surface area is 110 Å². The van der Waals surface area contributed by atoms with Crippen LogP contribution in [0, 0.1) is 0 Å². The molecule has 3 N–H and O–H groups in total. The molecule has 1 heterocycles. The zero-order chi connectivity index (χ0) is 13.7. The van der Waals surface area contributed by atoms with Crippen molar-refractivity contribution in [1.82, 2.24) is 15.3 Å². The number of aromatic nitrogens is 2. The summed E-state index contributed by atoms with van der Waals surface area (Å²) in [5.74, 6) is 0.381. The lowest BCUT2D eigenvalue weighted by molar-refractivity contribution is 0.0945. The fraction of sp³-hybridized carbons (Fsp3) is 0.154. The largest absolute Gasteiger partial charge is 0.496 e. The van der Waals surface area contributed by atoms with E-state index in [0.29, 0.717) is 18.0 Å². The molecule has 2 aromatic rings. The molecule has 0 atom stereocenters. The minimum absolute atomic E-state index is 0.269. The number of anilines is 1. The van der Waals surface area contributed by atoms with Crippen LogP contribution in [-0.2, 0) is 6.54 Å². The van der Waals surface area contributed by atoms with Crippen LogP contribution in [0.2, 0.25) is 0 Å². The van der Waals surface area contributed by atoms with Crippen molar-refractivity contribution in [1.29, 1.82) is 0 Å². The zero-order valence-electron chi connectivity index (χ0n) is 10.5. The van der Waals surface area contributed by atoms with Crippen molar-refractivity contribution in [2.24, 2.45) is 0 Å². The number of nitrogens with zero attached hydrogens (tertiary/aromatic N) is 2. The van der Waals surface area contributed by atoms with Crippen molar-refractivity contribution in [3.63, 3.8) is 0 Å². The normalized spacial score (nSPS) is 9.95. The molecule has 0 fully saturated rings. The van der Waals surface area contributed by atoms with E-state index >= 15 is 0 Å². The lowest BCUT2D eigenvalue weighted by atomic mass is 10.1. The second-order valence-corrected chi connectivity index (χ2v) is 3.84. The molecule has 1 amide bonds. The Morgan fingerprint density at radius 2 is 2.26 bits per heavy atom. The Kier molecular flexibility index (Phi) is 3.92. The van der Waals surface area contributed by atoms with Crippen LogP contribution in [0.4, 0.5) is 5.69 Å². The summed E-state index contributed by atoms with van der Waals surface area (Å²) >= 11 is 0. The van der Waals surface area contributed by atoms with E-state index in [-0.39, 0.29) is 11.6 Å². The maximum absolute atomic E-state index is 11.8. The average molecular weight is 258 g/mol. The van der Waals surface area contributed by atoms with Crippen LogP contribution in [0.15, 0.2) is 36.8 Å². The molecule has 0 aliphatic carbocycles. The third-order valence-electron chi connectivity index (χ3n) is 2.54. The second-order valence-electron chi connectivity index (χ2n) is 3.84. The smallest absolute Gasteiger partial charge is 0.271 e. The molecule has 0 aliphatic rings. The molecule has 98 valence electrons. The first-order chi connectivity index (χ1) is 9.20. The number of rotatable bonds is 4. The average Bonchev–Trinajstić information content (AvgIpc) is 2.46. The molecule has 6 heteroatoms. The number of hydrogen-bond donors (Lipinski definition) is 2. The molecular formula is C13H14N4O2. The zero-order valence-corrected chi connectivity index (χ0v) is 10.5. The fourth-order valence-electron chi connectivity index (χ4n) is 1.62. The van der Waals surface area contributed by atoms with Crippen LogP contribution in [0.5, 0.6) is 5.75 Å². The molecule has 19 heavy (non-hydrogen) atoms. The summed E-state index contributed by atoms with van der Waals surface area (Å²) in [6, 6.07) is 5.27. The van der Waals surface area contributed by atoms with E-state index in [1.807, 2.05) is 0 Å². The van der Waals surface area contributed by atoms with Gasteiger partial charge in [0.15, 0.2) is 0 Å². The van der Waals surface area contributed by atoms with Crippen molar-refractivity contribution in [3.8, 4) is 5.75 Å². The standard InChI is InChI=1S/C13H14N4O2/c1-19-12-3-2-10(14)6-9(12)7-17-13(18)11-8-15-4-5-16-11/h2-6,8H,7,14H2,1H3,(H,17,18).